The normalized spacial score (nSPS) is 22.2. The maximum absolute atomic E-state index is 14.2. The number of fused-ring (bicyclic) bond motifs is 1. The number of thioether (sulfide) groups is 1. The largest absolute Gasteiger partial charge is 0.417 e. The van der Waals surface area contributed by atoms with Crippen LogP contribution in [0.5, 0.6) is 0 Å². The Morgan fingerprint density at radius 3 is 2.33 bits per heavy atom. The maximum atomic E-state index is 14.2. The van der Waals surface area contributed by atoms with Gasteiger partial charge in [0.1, 0.15) is 0 Å². The third kappa shape index (κ3) is 9.25. The van der Waals surface area contributed by atoms with E-state index in [0.717, 1.165) is 81.6 Å². The van der Waals surface area contributed by atoms with Gasteiger partial charge in [-0.15, -0.1) is 11.8 Å². The Hall–Kier alpha value is -2.34. The SMILES string of the molecule is CS(=O)(=O)N1CCc2c(c(-c3ccc(C(F)(F)F)c(SCCN4CCCC(C(F)(F)F)C4)c3)nn2CCCN2CCC(N3CCCC3=O)CC2)C1. The number of nitrogens with zero attached hydrogens (tertiary/aromatic N) is 6. The van der Waals surface area contributed by atoms with Crippen LogP contribution in [0.15, 0.2) is 23.1 Å². The van der Waals surface area contributed by atoms with E-state index in [9.17, 15) is 39.6 Å². The van der Waals surface area contributed by atoms with Gasteiger partial charge in [-0.25, -0.2) is 8.42 Å². The van der Waals surface area contributed by atoms with Crippen LogP contribution in [-0.4, -0.2) is 120 Å². The fourth-order valence-corrected chi connectivity index (χ4v) is 9.86. The van der Waals surface area contributed by atoms with Crippen LogP contribution >= 0.6 is 11.8 Å². The Morgan fingerprint density at radius 1 is 0.902 bits per heavy atom. The molecule has 0 spiro atoms. The van der Waals surface area contributed by atoms with Crippen LogP contribution in [0.3, 0.4) is 0 Å². The second-order valence-corrected chi connectivity index (χ2v) is 17.3. The van der Waals surface area contributed by atoms with E-state index in [1.165, 1.54) is 16.4 Å². The minimum atomic E-state index is -4.64. The van der Waals surface area contributed by atoms with E-state index in [1.54, 1.807) is 4.90 Å². The molecule has 1 aromatic carbocycles. The van der Waals surface area contributed by atoms with Gasteiger partial charge in [0, 0.05) is 98.7 Å². The Bertz CT molecular complexity index is 1660. The molecule has 1 unspecified atom stereocenters. The van der Waals surface area contributed by atoms with Crippen molar-refractivity contribution in [2.45, 2.75) is 87.7 Å². The van der Waals surface area contributed by atoms with Crippen LogP contribution < -0.4 is 0 Å². The summed E-state index contributed by atoms with van der Waals surface area (Å²) < 4.78 is 111. The number of aryl methyl sites for hydroxylation is 1. The highest BCUT2D eigenvalue weighted by atomic mass is 32.2. The lowest BCUT2D eigenvalue weighted by molar-refractivity contribution is -0.186. The van der Waals surface area contributed by atoms with Crippen molar-refractivity contribution in [1.82, 2.24) is 28.8 Å². The molecule has 0 saturated carbocycles. The molecule has 17 heteroatoms. The topological polar surface area (TPSA) is 82.0 Å². The first-order valence-electron chi connectivity index (χ1n) is 17.8. The van der Waals surface area contributed by atoms with Gasteiger partial charge in [0.05, 0.1) is 23.4 Å². The molecule has 5 heterocycles. The lowest BCUT2D eigenvalue weighted by Gasteiger charge is -2.36. The zero-order valence-corrected chi connectivity index (χ0v) is 30.4. The number of benzene rings is 1. The summed E-state index contributed by atoms with van der Waals surface area (Å²) in [6.07, 6.45) is -2.73. The molecule has 0 radical (unpaired) electrons. The predicted molar refractivity (Wildman–Crippen MR) is 183 cm³/mol. The summed E-state index contributed by atoms with van der Waals surface area (Å²) in [5.41, 5.74) is 1.59. The molecule has 2 aromatic rings. The lowest BCUT2D eigenvalue weighted by atomic mass is 9.98. The highest BCUT2D eigenvalue weighted by Gasteiger charge is 2.42. The Balaban J connectivity index is 1.17. The summed E-state index contributed by atoms with van der Waals surface area (Å²) in [4.78, 5) is 18.2. The molecule has 284 valence electrons. The highest BCUT2D eigenvalue weighted by Crippen LogP contribution is 2.41. The number of halogens is 6. The predicted octanol–water partition coefficient (Wildman–Crippen LogP) is 5.73. The summed E-state index contributed by atoms with van der Waals surface area (Å²) in [5.74, 6) is -1.00. The standard InChI is InChI=1S/C34H46F6N6O3S2/c1-51(48,49)44-18-11-29-27(23-44)32(41-46(29)15-4-13-42-16-9-26(10-17-42)45-14-3-6-31(45)47)24-7-8-28(34(38,39)40)30(21-24)50-20-19-43-12-2-5-25(22-43)33(35,36)37/h7-8,21,25-26H,2-6,9-20,22-23H2,1H3. The molecule has 6 rings (SSSR count). The minimum Gasteiger partial charge on any atom is -0.340 e. The molecule has 3 saturated heterocycles. The van der Waals surface area contributed by atoms with E-state index in [1.807, 2.05) is 9.58 Å². The van der Waals surface area contributed by atoms with Crippen molar-refractivity contribution in [3.8, 4) is 11.3 Å². The third-order valence-electron chi connectivity index (χ3n) is 10.7. The molecule has 0 N–H and O–H groups in total. The lowest BCUT2D eigenvalue weighted by Crippen LogP contribution is -2.45. The number of amides is 1. The molecular weight excluding hydrogens is 719 g/mol. The number of carbonyl (C=O) groups is 1. The molecule has 0 bridgehead atoms. The molecule has 1 aromatic heterocycles. The smallest absolute Gasteiger partial charge is 0.340 e. The third-order valence-corrected chi connectivity index (χ3v) is 13.0. The molecule has 1 amide bonds. The zero-order chi connectivity index (χ0) is 36.6. The number of likely N-dealkylation sites (tertiary alicyclic amines) is 3. The van der Waals surface area contributed by atoms with Gasteiger partial charge >= 0.3 is 12.4 Å². The fraction of sp³-hybridized carbons (Fsp3) is 0.706. The summed E-state index contributed by atoms with van der Waals surface area (Å²) in [5, 5.41) is 4.88. The van der Waals surface area contributed by atoms with Crippen LogP contribution in [-0.2, 0) is 40.5 Å². The van der Waals surface area contributed by atoms with E-state index in [0.29, 0.717) is 55.2 Å². The minimum absolute atomic E-state index is 0.0394. The number of hydrogen-bond donors (Lipinski definition) is 0. The van der Waals surface area contributed by atoms with Gasteiger partial charge in [-0.3, -0.25) is 9.48 Å². The van der Waals surface area contributed by atoms with Crippen LogP contribution in [0.2, 0.25) is 0 Å². The van der Waals surface area contributed by atoms with Gasteiger partial charge in [-0.1, -0.05) is 6.07 Å². The van der Waals surface area contributed by atoms with Gasteiger partial charge in [-0.2, -0.15) is 35.7 Å². The van der Waals surface area contributed by atoms with Gasteiger partial charge in [-0.05, 0) is 63.7 Å². The van der Waals surface area contributed by atoms with Gasteiger partial charge < -0.3 is 14.7 Å². The molecule has 0 aliphatic carbocycles. The molecule has 1 atom stereocenters. The Morgan fingerprint density at radius 2 is 1.67 bits per heavy atom. The van der Waals surface area contributed by atoms with Gasteiger partial charge in [0.15, 0.2) is 0 Å². The van der Waals surface area contributed by atoms with E-state index in [4.69, 9.17) is 5.10 Å². The monoisotopic (exact) mass is 764 g/mol. The summed E-state index contributed by atoms with van der Waals surface area (Å²) >= 11 is 0.961. The van der Waals surface area contributed by atoms with Crippen molar-refractivity contribution in [1.29, 1.82) is 0 Å². The average Bonchev–Trinajstić information content (AvgIpc) is 3.67. The summed E-state index contributed by atoms with van der Waals surface area (Å²) in [6, 6.07) is 4.12. The van der Waals surface area contributed by atoms with Crippen molar-refractivity contribution >= 4 is 27.7 Å². The number of aromatic nitrogens is 2. The van der Waals surface area contributed by atoms with E-state index in [2.05, 4.69) is 4.90 Å². The second kappa shape index (κ2) is 15.6. The van der Waals surface area contributed by atoms with Gasteiger partial charge in [0.2, 0.25) is 15.9 Å². The highest BCUT2D eigenvalue weighted by molar-refractivity contribution is 7.99. The van der Waals surface area contributed by atoms with Gasteiger partial charge in [0.25, 0.3) is 0 Å². The number of alkyl halides is 6. The van der Waals surface area contributed by atoms with Crippen molar-refractivity contribution in [2.24, 2.45) is 5.92 Å². The van der Waals surface area contributed by atoms with E-state index in [-0.39, 0.29) is 49.2 Å². The summed E-state index contributed by atoms with van der Waals surface area (Å²) in [7, 11) is -3.54. The van der Waals surface area contributed by atoms with E-state index < -0.39 is 33.9 Å². The molecular formula is C34H46F6N6O3S2. The first kappa shape index (κ1) is 38.4. The number of hydrogen-bond acceptors (Lipinski definition) is 7. The van der Waals surface area contributed by atoms with Crippen LogP contribution in [0, 0.1) is 5.92 Å². The number of carbonyl (C=O) groups excluding carboxylic acids is 1. The van der Waals surface area contributed by atoms with Crippen molar-refractivity contribution < 1.29 is 39.6 Å². The molecule has 9 nitrogen and oxygen atoms in total. The fourth-order valence-electron chi connectivity index (χ4n) is 7.95. The number of sulfonamides is 1. The summed E-state index contributed by atoms with van der Waals surface area (Å²) in [6.45, 7) is 4.89. The van der Waals surface area contributed by atoms with Crippen LogP contribution in [0.4, 0.5) is 26.3 Å². The first-order chi connectivity index (χ1) is 24.1. The van der Waals surface area contributed by atoms with Crippen LogP contribution in [0.25, 0.3) is 11.3 Å². The molecule has 51 heavy (non-hydrogen) atoms. The number of piperidine rings is 2. The van der Waals surface area contributed by atoms with Crippen molar-refractivity contribution in [2.75, 3.05) is 64.4 Å². The molecule has 3 fully saturated rings. The second-order valence-electron chi connectivity index (χ2n) is 14.2. The van der Waals surface area contributed by atoms with Crippen molar-refractivity contribution in [3.05, 3.63) is 35.0 Å². The average molecular weight is 765 g/mol. The maximum Gasteiger partial charge on any atom is 0.417 e. The molecule has 4 aliphatic rings. The molecule has 4 aliphatic heterocycles. The Kier molecular flexibility index (Phi) is 11.7. The first-order valence-corrected chi connectivity index (χ1v) is 20.6. The van der Waals surface area contributed by atoms with Crippen molar-refractivity contribution in [3.63, 3.8) is 0 Å². The quantitative estimate of drug-likeness (QED) is 0.214. The van der Waals surface area contributed by atoms with Crippen LogP contribution in [0.1, 0.15) is 61.8 Å². The van der Waals surface area contributed by atoms with E-state index >= 15 is 0 Å². The Labute approximate surface area is 299 Å². The number of rotatable bonds is 11. The zero-order valence-electron chi connectivity index (χ0n) is 28.8.